The Balaban J connectivity index is 1.37. The molecular formula is C19H17N3O6S2. The lowest BCUT2D eigenvalue weighted by atomic mass is 10.3. The van der Waals surface area contributed by atoms with Crippen molar-refractivity contribution in [2.24, 2.45) is 0 Å². The van der Waals surface area contributed by atoms with E-state index in [1.807, 2.05) is 17.5 Å². The Morgan fingerprint density at radius 1 is 1.07 bits per heavy atom. The van der Waals surface area contributed by atoms with Gasteiger partial charge in [-0.05, 0) is 42.1 Å². The highest BCUT2D eigenvalue weighted by Gasteiger charge is 2.16. The van der Waals surface area contributed by atoms with E-state index in [1.54, 1.807) is 17.4 Å². The Labute approximate surface area is 179 Å². The van der Waals surface area contributed by atoms with Crippen molar-refractivity contribution in [2.75, 3.05) is 18.5 Å². The van der Waals surface area contributed by atoms with Crippen LogP contribution in [0.3, 0.4) is 0 Å². The summed E-state index contributed by atoms with van der Waals surface area (Å²) in [5, 5.41) is 9.58. The summed E-state index contributed by atoms with van der Waals surface area (Å²) in [6.07, 6.45) is 2.03. The molecule has 3 heterocycles. The second kappa shape index (κ2) is 10.4. The van der Waals surface area contributed by atoms with Gasteiger partial charge < -0.3 is 19.8 Å². The quantitative estimate of drug-likeness (QED) is 0.456. The lowest BCUT2D eigenvalue weighted by Crippen LogP contribution is -2.42. The summed E-state index contributed by atoms with van der Waals surface area (Å²) >= 11 is 2.56. The molecule has 0 saturated heterocycles. The summed E-state index contributed by atoms with van der Waals surface area (Å²) in [6, 6.07) is 9.29. The van der Waals surface area contributed by atoms with Crippen molar-refractivity contribution in [2.45, 2.75) is 6.42 Å². The van der Waals surface area contributed by atoms with Crippen LogP contribution in [0.4, 0.5) is 9.80 Å². The normalized spacial score (nSPS) is 10.3. The number of rotatable bonds is 8. The summed E-state index contributed by atoms with van der Waals surface area (Å²) < 4.78 is 9.88. The molecule has 9 nitrogen and oxygen atoms in total. The van der Waals surface area contributed by atoms with E-state index in [1.165, 1.54) is 24.5 Å². The number of carbonyl (C=O) groups excluding carboxylic acids is 4. The van der Waals surface area contributed by atoms with Crippen LogP contribution in [0.5, 0.6) is 0 Å². The maximum Gasteiger partial charge on any atom is 0.348 e. The summed E-state index contributed by atoms with van der Waals surface area (Å²) in [5.74, 6) is -1.81. The van der Waals surface area contributed by atoms with Gasteiger partial charge in [0.25, 0.3) is 11.8 Å². The van der Waals surface area contributed by atoms with E-state index >= 15 is 0 Å². The largest absolute Gasteiger partial charge is 0.459 e. The Morgan fingerprint density at radius 2 is 1.93 bits per heavy atom. The number of esters is 1. The molecule has 0 aliphatic rings. The molecule has 30 heavy (non-hydrogen) atoms. The van der Waals surface area contributed by atoms with E-state index in [4.69, 9.17) is 9.15 Å². The van der Waals surface area contributed by atoms with Crippen LogP contribution in [0.2, 0.25) is 0 Å². The van der Waals surface area contributed by atoms with Crippen LogP contribution < -0.4 is 16.0 Å². The van der Waals surface area contributed by atoms with Gasteiger partial charge in [0.2, 0.25) is 0 Å². The monoisotopic (exact) mass is 447 g/mol. The summed E-state index contributed by atoms with van der Waals surface area (Å²) in [5.41, 5.74) is 0. The molecule has 0 spiro atoms. The molecule has 0 unspecified atom stereocenters. The van der Waals surface area contributed by atoms with Gasteiger partial charge in [-0.3, -0.25) is 14.9 Å². The van der Waals surface area contributed by atoms with Gasteiger partial charge >= 0.3 is 12.0 Å². The van der Waals surface area contributed by atoms with Gasteiger partial charge in [-0.15, -0.1) is 22.7 Å². The van der Waals surface area contributed by atoms with E-state index in [0.717, 1.165) is 16.2 Å². The molecule has 4 amide bonds. The number of thiophene rings is 2. The van der Waals surface area contributed by atoms with Crippen molar-refractivity contribution in [1.29, 1.82) is 0 Å². The van der Waals surface area contributed by atoms with Gasteiger partial charge in [0.05, 0.1) is 11.3 Å². The molecule has 3 rings (SSSR count). The Kier molecular flexibility index (Phi) is 7.35. The summed E-state index contributed by atoms with van der Waals surface area (Å²) in [4.78, 5) is 48.7. The standard InChI is InChI=1S/C19H17N3O6S2/c23-15(21-19(26)20-8-7-12-3-2-10-29-12)11-28-18(25)14-5-6-16(30-14)22-17(24)13-4-1-9-27-13/h1-6,9-10H,7-8,11H2,(H,22,24)(H2,20,21,23,26). The van der Waals surface area contributed by atoms with Crippen LogP contribution in [0, 0.1) is 0 Å². The lowest BCUT2D eigenvalue weighted by molar-refractivity contribution is -0.123. The molecule has 0 bridgehead atoms. The van der Waals surface area contributed by atoms with Gasteiger partial charge in [0.1, 0.15) is 4.88 Å². The number of carbonyl (C=O) groups is 4. The van der Waals surface area contributed by atoms with E-state index in [2.05, 4.69) is 16.0 Å². The molecule has 0 aliphatic carbocycles. The molecule has 3 aromatic heterocycles. The molecule has 0 radical (unpaired) electrons. The molecule has 11 heteroatoms. The van der Waals surface area contributed by atoms with Gasteiger partial charge in [-0.1, -0.05) is 6.07 Å². The fraction of sp³-hybridized carbons (Fsp3) is 0.158. The molecular weight excluding hydrogens is 430 g/mol. The van der Waals surface area contributed by atoms with Crippen molar-refractivity contribution in [3.05, 3.63) is 63.6 Å². The minimum atomic E-state index is -0.750. The predicted octanol–water partition coefficient (Wildman–Crippen LogP) is 2.88. The SMILES string of the molecule is O=C(COC(=O)c1ccc(NC(=O)c2ccco2)s1)NC(=O)NCCc1cccs1. The molecule has 0 aromatic carbocycles. The number of urea groups is 1. The number of furan rings is 1. The first-order chi connectivity index (χ1) is 14.5. The molecule has 0 atom stereocenters. The fourth-order valence-electron chi connectivity index (χ4n) is 2.26. The Bertz CT molecular complexity index is 1010. The number of hydrogen-bond donors (Lipinski definition) is 3. The first-order valence-electron chi connectivity index (χ1n) is 8.73. The zero-order valence-corrected chi connectivity index (χ0v) is 17.1. The second-order valence-corrected chi connectivity index (χ2v) is 7.92. The maximum atomic E-state index is 12.0. The summed E-state index contributed by atoms with van der Waals surface area (Å²) in [6.45, 7) is -0.232. The number of hydrogen-bond acceptors (Lipinski definition) is 8. The van der Waals surface area contributed by atoms with E-state index in [-0.39, 0.29) is 10.6 Å². The Hall–Kier alpha value is -3.44. The molecule has 0 saturated carbocycles. The molecule has 0 fully saturated rings. The number of amides is 4. The second-order valence-electron chi connectivity index (χ2n) is 5.80. The highest BCUT2D eigenvalue weighted by atomic mass is 32.1. The minimum absolute atomic E-state index is 0.137. The number of anilines is 1. The average Bonchev–Trinajstić information content (AvgIpc) is 3.47. The van der Waals surface area contributed by atoms with Gasteiger partial charge in [0.15, 0.2) is 12.4 Å². The Morgan fingerprint density at radius 3 is 2.67 bits per heavy atom. The summed E-state index contributed by atoms with van der Waals surface area (Å²) in [7, 11) is 0. The molecule has 3 aromatic rings. The van der Waals surface area contributed by atoms with Crippen LogP contribution >= 0.6 is 22.7 Å². The van der Waals surface area contributed by atoms with Crippen molar-refractivity contribution >= 4 is 51.5 Å². The van der Waals surface area contributed by atoms with Crippen LogP contribution in [-0.2, 0) is 16.0 Å². The zero-order chi connectivity index (χ0) is 21.3. The van der Waals surface area contributed by atoms with Crippen molar-refractivity contribution in [3.8, 4) is 0 Å². The average molecular weight is 447 g/mol. The van der Waals surface area contributed by atoms with E-state index in [0.29, 0.717) is 18.0 Å². The molecule has 0 aliphatic heterocycles. The lowest BCUT2D eigenvalue weighted by Gasteiger charge is -2.06. The maximum absolute atomic E-state index is 12.0. The van der Waals surface area contributed by atoms with Crippen molar-refractivity contribution < 1.29 is 28.3 Å². The van der Waals surface area contributed by atoms with Gasteiger partial charge in [-0.25, -0.2) is 9.59 Å². The number of imide groups is 1. The smallest absolute Gasteiger partial charge is 0.348 e. The van der Waals surface area contributed by atoms with Gasteiger partial charge in [0, 0.05) is 11.4 Å². The third-order valence-electron chi connectivity index (χ3n) is 3.61. The minimum Gasteiger partial charge on any atom is -0.459 e. The van der Waals surface area contributed by atoms with E-state index < -0.39 is 30.4 Å². The van der Waals surface area contributed by atoms with E-state index in [9.17, 15) is 19.2 Å². The zero-order valence-electron chi connectivity index (χ0n) is 15.5. The predicted molar refractivity (Wildman–Crippen MR) is 111 cm³/mol. The highest BCUT2D eigenvalue weighted by Crippen LogP contribution is 2.23. The van der Waals surface area contributed by atoms with Crippen molar-refractivity contribution in [1.82, 2.24) is 10.6 Å². The topological polar surface area (TPSA) is 127 Å². The van der Waals surface area contributed by atoms with Crippen LogP contribution in [0.1, 0.15) is 25.1 Å². The third kappa shape index (κ3) is 6.29. The number of ether oxygens (including phenoxy) is 1. The first-order valence-corrected chi connectivity index (χ1v) is 10.4. The van der Waals surface area contributed by atoms with Crippen molar-refractivity contribution in [3.63, 3.8) is 0 Å². The number of nitrogens with one attached hydrogen (secondary N) is 3. The molecule has 156 valence electrons. The third-order valence-corrected chi connectivity index (χ3v) is 5.53. The van der Waals surface area contributed by atoms with Crippen LogP contribution in [0.15, 0.2) is 52.5 Å². The van der Waals surface area contributed by atoms with Crippen LogP contribution in [0.25, 0.3) is 0 Å². The van der Waals surface area contributed by atoms with Gasteiger partial charge in [-0.2, -0.15) is 0 Å². The molecule has 3 N–H and O–H groups in total. The first kappa shape index (κ1) is 21.3. The highest BCUT2D eigenvalue weighted by molar-refractivity contribution is 7.18. The fourth-order valence-corrected chi connectivity index (χ4v) is 3.76. The van der Waals surface area contributed by atoms with Crippen LogP contribution in [-0.4, -0.2) is 37.0 Å².